The molecule has 0 aliphatic rings. The Bertz CT molecular complexity index is 4640. The van der Waals surface area contributed by atoms with Gasteiger partial charge in [0.05, 0.1) is 79.4 Å². The second-order valence-electron chi connectivity index (χ2n) is 38.2. The van der Waals surface area contributed by atoms with E-state index >= 15 is 0 Å². The van der Waals surface area contributed by atoms with E-state index in [1.807, 2.05) is 73.9 Å². The van der Waals surface area contributed by atoms with Crippen molar-refractivity contribution in [3.63, 3.8) is 0 Å². The minimum Gasteiger partial charge on any atom is -0.481 e. The number of carbonyl (C=O) groups is 7. The van der Waals surface area contributed by atoms with Crippen LogP contribution in [0.15, 0.2) is 91.0 Å². The SMILES string of the molecule is CB(O)N[C@@H](CO)CC(=O)OC(C)(C)C.CB(O)N[C@H](CC(=O)OC(C)(C)C)C(=O)O.CB(O)N[C@H](CC(=O)OC(C)(C)C)C(O)c1cc(N(CCCl)CCCl)ccc1C.CB(O)N[C@H](CC(=O)OC(C)(C)C)C(O)c1cc(N)ccc1C.CB(O)N[C@H](CC(=O)OC(C)(C)C)C(O)c1cc([N+](=O)[O-])ccc1C.Cc1ccc(N(CCCl)CCCl)cc1C(O)[C@H](N)CC(=O)O.Cc1ccc([N+](=O)[O-])cc1I. The maximum Gasteiger partial charge on any atom is 0.374 e. The fraction of sp³-hybridized carbons (Fsp3) is 0.598. The molecule has 49 heteroatoms. The number of rotatable bonds is 44. The van der Waals surface area contributed by atoms with Gasteiger partial charge in [0.15, 0.2) is 0 Å². The summed E-state index contributed by atoms with van der Waals surface area (Å²) in [5.74, 6) is -2.87. The molecular weight excluding hydrogens is 2030 g/mol. The van der Waals surface area contributed by atoms with Crippen molar-refractivity contribution in [1.29, 1.82) is 0 Å². The van der Waals surface area contributed by atoms with Crippen molar-refractivity contribution in [3.8, 4) is 0 Å². The average molecular weight is 2180 g/mol. The van der Waals surface area contributed by atoms with Crippen LogP contribution < -0.4 is 47.4 Å². The van der Waals surface area contributed by atoms with Gasteiger partial charge in [-0.15, -0.1) is 46.4 Å². The summed E-state index contributed by atoms with van der Waals surface area (Å²) in [7, 11) is -4.52. The number of carboxylic acid groups (broad SMARTS) is 2. The van der Waals surface area contributed by atoms with Crippen LogP contribution in [0.3, 0.4) is 0 Å². The number of aliphatic carboxylic acids is 2. The van der Waals surface area contributed by atoms with Crippen molar-refractivity contribution in [2.24, 2.45) is 5.73 Å². The molecule has 0 aromatic heterocycles. The van der Waals surface area contributed by atoms with Crippen LogP contribution in [-0.4, -0.2) is 268 Å². The van der Waals surface area contributed by atoms with E-state index in [1.54, 1.807) is 148 Å². The first-order valence-electron chi connectivity index (χ1n) is 45.5. The van der Waals surface area contributed by atoms with Crippen molar-refractivity contribution in [1.82, 2.24) is 26.1 Å². The third kappa shape index (κ3) is 60.6. The van der Waals surface area contributed by atoms with Crippen LogP contribution in [0.1, 0.15) is 217 Å². The highest BCUT2D eigenvalue weighted by atomic mass is 127. The first kappa shape index (κ1) is 135. The molecule has 21 N–H and O–H groups in total. The number of aryl methyl sites for hydroxylation is 5. The van der Waals surface area contributed by atoms with E-state index in [4.69, 9.17) is 107 Å². The Balaban J connectivity index is 0. The molecule has 0 radical (unpaired) electrons. The quantitative estimate of drug-likeness (QED) is 0.00252. The minimum absolute atomic E-state index is 0.0403. The summed E-state index contributed by atoms with van der Waals surface area (Å²) in [6, 6.07) is 20.8. The monoisotopic (exact) mass is 2180 g/mol. The lowest BCUT2D eigenvalue weighted by Crippen LogP contribution is -2.46. The summed E-state index contributed by atoms with van der Waals surface area (Å²) in [5, 5.41) is 151. The molecule has 0 aliphatic carbocycles. The number of nitrogens with two attached hydrogens (primary N) is 2. The zero-order valence-electron chi connectivity index (χ0n) is 85.7. The summed E-state index contributed by atoms with van der Waals surface area (Å²) >= 11 is 25.5. The van der Waals surface area contributed by atoms with Crippen molar-refractivity contribution >= 4 is 174 Å². The number of esters is 5. The topological polar surface area (TPSA) is 613 Å². The number of aliphatic hydroxyl groups is 5. The molecule has 0 aliphatic heterocycles. The summed E-state index contributed by atoms with van der Waals surface area (Å²) in [6.45, 7) is 45.2. The molecule has 0 fully saturated rings. The van der Waals surface area contributed by atoms with Gasteiger partial charge in [0.2, 0.25) is 0 Å². The molecule has 0 saturated heterocycles. The Morgan fingerprint density at radius 1 is 0.411 bits per heavy atom. The number of nitro groups is 2. The molecule has 4 unspecified atom stereocenters. The lowest BCUT2D eigenvalue weighted by atomic mass is 9.84. The number of non-ortho nitro benzene ring substituents is 2. The van der Waals surface area contributed by atoms with Gasteiger partial charge in [-0.1, -0.05) is 30.3 Å². The van der Waals surface area contributed by atoms with Gasteiger partial charge in [0.25, 0.3) is 11.4 Å². The maximum absolute atomic E-state index is 12.3. The molecule has 5 aromatic carbocycles. The smallest absolute Gasteiger partial charge is 0.374 e. The van der Waals surface area contributed by atoms with Gasteiger partial charge in [-0.05, 0) is 282 Å². The number of nitrogens with one attached hydrogen (secondary N) is 5. The number of benzene rings is 5. The van der Waals surface area contributed by atoms with Gasteiger partial charge in [0.1, 0.15) is 34.0 Å². The molecule has 0 amide bonds. The van der Waals surface area contributed by atoms with E-state index in [0.29, 0.717) is 83.2 Å². The molecule has 39 nitrogen and oxygen atoms in total. The van der Waals surface area contributed by atoms with Crippen LogP contribution in [0.25, 0.3) is 0 Å². The van der Waals surface area contributed by atoms with Gasteiger partial charge < -0.3 is 132 Å². The zero-order valence-corrected chi connectivity index (χ0v) is 90.8. The van der Waals surface area contributed by atoms with Crippen LogP contribution in [0, 0.1) is 58.4 Å². The number of carboxylic acids is 2. The Morgan fingerprint density at radius 3 is 0.972 bits per heavy atom. The summed E-state index contributed by atoms with van der Waals surface area (Å²) in [5.41, 5.74) is 17.3. The number of alkyl halides is 4. The van der Waals surface area contributed by atoms with Crippen LogP contribution in [0.2, 0.25) is 34.1 Å². The number of halogens is 5. The highest BCUT2D eigenvalue weighted by Crippen LogP contribution is 2.33. The van der Waals surface area contributed by atoms with Gasteiger partial charge in [0, 0.05) is 125 Å². The molecule has 5 aromatic rings. The Kier molecular flexibility index (Phi) is 63.6. The van der Waals surface area contributed by atoms with E-state index in [1.165, 1.54) is 51.6 Å². The van der Waals surface area contributed by atoms with E-state index < -0.39 is 171 Å². The Morgan fingerprint density at radius 2 is 0.688 bits per heavy atom. The largest absolute Gasteiger partial charge is 0.481 e. The predicted octanol–water partition coefficient (Wildman–Crippen LogP) is 10.5. The number of hydrogen-bond acceptors (Lipinski definition) is 35. The molecule has 141 heavy (non-hydrogen) atoms. The highest BCUT2D eigenvalue weighted by Gasteiger charge is 2.35. The standard InChI is InChI=1S/C20H33BCl2N2O4.C16H25BN2O6.C16H27BN2O4.C15H22Cl2N2O3.C9H18BNO5.C9H20BNO4.C7H6INO2/c1-14-6-7-15(25(10-8-22)11-9-23)12-16(14)19(27)17(24-21(5)28)13-18(26)29-20(2,3)4;1-10-6-7-11(19(23)24)8-12(10)15(21)13(18-17(5)22)9-14(20)25-16(2,3)4;1-10-6-7-11(18)8-12(10)15(21)13(19-17(5)22)9-14(20)23-16(2,3)4;1-10-2-3-11(19(6-4-16)7-5-17)8-12(10)15(22)13(18)9-14(20)21;1-9(2,3)16-7(12)5-6(8(13)14)11-10(4)15;1-9(2,3)15-8(13)5-7(6-12)11-10(4)14;1-5-2-3-6(9(10)11)4-7(5)8/h6-7,12,17,19,24,27-28H,8-11,13H2,1-5H3;6-8,13,15,18,21-22H,9H2,1-5H3;6-8,13,15,19,21-22H,9,18H2,1-5H3;2-3,8,13,15,22H,4-7,9,18H2,1H3,(H,20,21);6,11,15H,5H2,1-4H3,(H,13,14);7,11-12,14H,5-6H2,1-4H3;2-4H,1H3/t17-,19?;3*13-,15?;6-;7-;/m111111./s1. The number of nitro benzene ring substituents is 2. The number of anilines is 3. The van der Waals surface area contributed by atoms with Crippen molar-refractivity contribution < 1.29 is 128 Å². The number of nitrogen functional groups attached to an aromatic ring is 1. The molecular formula is C92H151B5Cl4IN11O28. The Hall–Kier alpha value is -7.84. The second-order valence-corrected chi connectivity index (χ2v) is 40.9. The van der Waals surface area contributed by atoms with Crippen LogP contribution in [0.5, 0.6) is 0 Å². The van der Waals surface area contributed by atoms with Crippen LogP contribution in [-0.2, 0) is 57.2 Å². The highest BCUT2D eigenvalue weighted by molar-refractivity contribution is 14.1. The Labute approximate surface area is 865 Å². The zero-order chi connectivity index (χ0) is 109. The molecule has 0 heterocycles. The molecule has 0 spiro atoms. The normalized spacial score (nSPS) is 13.4. The maximum atomic E-state index is 12.3. The van der Waals surface area contributed by atoms with Crippen LogP contribution >= 0.6 is 69.0 Å². The predicted molar refractivity (Wildman–Crippen MR) is 565 cm³/mol. The average Bonchev–Trinajstić information content (AvgIpc) is 0.793. The minimum atomic E-state index is -1.23. The van der Waals surface area contributed by atoms with Gasteiger partial charge >= 0.3 is 77.0 Å². The third-order valence-electron chi connectivity index (χ3n) is 18.9. The summed E-state index contributed by atoms with van der Waals surface area (Å²) in [6.07, 6.45) is -5.23. The van der Waals surface area contributed by atoms with Gasteiger partial charge in [-0.2, -0.15) is 0 Å². The van der Waals surface area contributed by atoms with Crippen molar-refractivity contribution in [2.75, 3.05) is 71.8 Å². The number of aliphatic hydroxyl groups excluding tert-OH is 5. The fourth-order valence-corrected chi connectivity index (χ4v) is 14.2. The van der Waals surface area contributed by atoms with E-state index in [2.05, 4.69) is 48.7 Å². The number of hydrogen-bond donors (Lipinski definition) is 19. The van der Waals surface area contributed by atoms with Gasteiger partial charge in [-0.3, -0.25) is 53.8 Å². The molecule has 0 saturated carbocycles. The van der Waals surface area contributed by atoms with Crippen molar-refractivity contribution in [3.05, 3.63) is 165 Å². The second kappa shape index (κ2) is 66.3. The lowest BCUT2D eigenvalue weighted by Gasteiger charge is -2.29. The molecule has 10 atom stereocenters. The first-order valence-corrected chi connectivity index (χ1v) is 48.8. The molecule has 792 valence electrons. The summed E-state index contributed by atoms with van der Waals surface area (Å²) < 4.78 is 26.9. The summed E-state index contributed by atoms with van der Waals surface area (Å²) in [4.78, 5) is 105. The number of ether oxygens (including phenoxy) is 5. The van der Waals surface area contributed by atoms with Gasteiger partial charge in [-0.25, -0.2) is 0 Å². The number of nitrogens with zero attached hydrogens (tertiary/aromatic N) is 4. The van der Waals surface area contributed by atoms with Crippen molar-refractivity contribution in [2.45, 2.75) is 300 Å². The third-order valence-corrected chi connectivity index (χ3v) is 20.7. The fourth-order valence-electron chi connectivity index (χ4n) is 12.9. The van der Waals surface area contributed by atoms with Crippen LogP contribution in [0.4, 0.5) is 28.4 Å². The molecule has 0 bridgehead atoms. The van der Waals surface area contributed by atoms with E-state index in [9.17, 15) is 89.3 Å². The van der Waals surface area contributed by atoms with E-state index in [-0.39, 0.29) is 61.4 Å². The lowest BCUT2D eigenvalue weighted by molar-refractivity contribution is -0.385. The van der Waals surface area contributed by atoms with E-state index in [0.717, 1.165) is 37.2 Å². The molecule has 5 rings (SSSR count). The number of carbonyl (C=O) groups excluding carboxylic acids is 5. The first-order chi connectivity index (χ1) is 64.7.